The van der Waals surface area contributed by atoms with Crippen molar-refractivity contribution in [1.29, 1.82) is 0 Å². The number of halogens is 6. The van der Waals surface area contributed by atoms with Gasteiger partial charge in [-0.3, -0.25) is 0 Å². The molecule has 0 spiro atoms. The maximum absolute atomic E-state index is 14.0. The Hall–Kier alpha value is -3.08. The third kappa shape index (κ3) is 4.73. The standard InChI is InChI=1S/C25H22F6O4/c1-22(23(34,24(26,27)28)25(29,30)31,20-11-10-18(14-32)19(12-20)15-33)35-21-9-5-8-17(13-21)16-6-3-2-4-7-16/h2-13,32-34H,14-15H2,1H3. The predicted octanol–water partition coefficient (Wildman–Crippen LogP) is 5.49. The molecule has 3 aromatic carbocycles. The zero-order chi connectivity index (χ0) is 26.1. The molecular formula is C25H22F6O4. The van der Waals surface area contributed by atoms with E-state index in [-0.39, 0.29) is 16.9 Å². The van der Waals surface area contributed by atoms with Crippen LogP contribution in [0.15, 0.2) is 72.8 Å². The summed E-state index contributed by atoms with van der Waals surface area (Å²) in [4.78, 5) is 0. The van der Waals surface area contributed by atoms with Crippen molar-refractivity contribution < 1.29 is 46.4 Å². The fraction of sp³-hybridized carbons (Fsp3) is 0.280. The maximum atomic E-state index is 14.0. The minimum absolute atomic E-state index is 0.0900. The van der Waals surface area contributed by atoms with Crippen molar-refractivity contribution in [2.75, 3.05) is 0 Å². The molecule has 3 N–H and O–H groups in total. The third-order valence-corrected chi connectivity index (χ3v) is 5.87. The van der Waals surface area contributed by atoms with Crippen LogP contribution in [0.4, 0.5) is 26.3 Å². The largest absolute Gasteiger partial charge is 0.479 e. The number of alkyl halides is 6. The van der Waals surface area contributed by atoms with E-state index in [1.807, 2.05) is 0 Å². The van der Waals surface area contributed by atoms with Crippen LogP contribution in [0.3, 0.4) is 0 Å². The molecule has 0 fully saturated rings. The molecule has 0 aromatic heterocycles. The quantitative estimate of drug-likeness (QED) is 0.376. The van der Waals surface area contributed by atoms with E-state index in [1.165, 1.54) is 18.2 Å². The highest BCUT2D eigenvalue weighted by atomic mass is 19.4. The average Bonchev–Trinajstić information content (AvgIpc) is 2.82. The first-order chi connectivity index (χ1) is 16.3. The van der Waals surface area contributed by atoms with E-state index in [0.717, 1.165) is 18.2 Å². The van der Waals surface area contributed by atoms with Crippen molar-refractivity contribution in [2.45, 2.75) is 43.7 Å². The van der Waals surface area contributed by atoms with Crippen LogP contribution >= 0.6 is 0 Å². The Balaban J connectivity index is 2.26. The molecule has 10 heteroatoms. The summed E-state index contributed by atoms with van der Waals surface area (Å²) < 4.78 is 89.5. The van der Waals surface area contributed by atoms with Crippen LogP contribution in [0.25, 0.3) is 11.1 Å². The molecule has 0 saturated carbocycles. The van der Waals surface area contributed by atoms with Gasteiger partial charge in [-0.05, 0) is 52.9 Å². The van der Waals surface area contributed by atoms with E-state index < -0.39 is 42.3 Å². The fourth-order valence-electron chi connectivity index (χ4n) is 3.87. The molecule has 1 atom stereocenters. The van der Waals surface area contributed by atoms with Crippen LogP contribution in [0.5, 0.6) is 5.75 Å². The average molecular weight is 500 g/mol. The lowest BCUT2D eigenvalue weighted by molar-refractivity contribution is -0.409. The summed E-state index contributed by atoms with van der Waals surface area (Å²) >= 11 is 0. The summed E-state index contributed by atoms with van der Waals surface area (Å²) in [7, 11) is 0. The van der Waals surface area contributed by atoms with E-state index >= 15 is 0 Å². The Morgan fingerprint density at radius 2 is 1.26 bits per heavy atom. The first kappa shape index (κ1) is 26.5. The van der Waals surface area contributed by atoms with Crippen molar-refractivity contribution in [1.82, 2.24) is 0 Å². The minimum atomic E-state index is -6.20. The summed E-state index contributed by atoms with van der Waals surface area (Å²) in [6, 6.07) is 16.8. The summed E-state index contributed by atoms with van der Waals surface area (Å²) in [5.74, 6) is -0.363. The Kier molecular flexibility index (Phi) is 7.21. The molecule has 0 aliphatic rings. The highest BCUT2D eigenvalue weighted by Crippen LogP contribution is 2.55. The first-order valence-electron chi connectivity index (χ1n) is 10.3. The second-order valence-corrected chi connectivity index (χ2v) is 8.03. The molecule has 35 heavy (non-hydrogen) atoms. The fourth-order valence-corrected chi connectivity index (χ4v) is 3.87. The number of rotatable bonds is 7. The van der Waals surface area contributed by atoms with E-state index in [4.69, 9.17) is 4.74 Å². The van der Waals surface area contributed by atoms with Gasteiger partial charge < -0.3 is 20.1 Å². The van der Waals surface area contributed by atoms with E-state index in [2.05, 4.69) is 0 Å². The SMILES string of the molecule is CC(Oc1cccc(-c2ccccc2)c1)(c1ccc(CO)c(CO)c1)C(O)(C(F)(F)F)C(F)(F)F. The third-order valence-electron chi connectivity index (χ3n) is 5.87. The molecule has 3 rings (SSSR count). The normalized spacial score (nSPS) is 14.5. The minimum Gasteiger partial charge on any atom is -0.479 e. The molecule has 188 valence electrons. The predicted molar refractivity (Wildman–Crippen MR) is 115 cm³/mol. The summed E-state index contributed by atoms with van der Waals surface area (Å²) in [6.45, 7) is -0.909. The number of aliphatic hydroxyl groups excluding tert-OH is 2. The van der Waals surface area contributed by atoms with Gasteiger partial charge in [-0.2, -0.15) is 26.3 Å². The maximum Gasteiger partial charge on any atom is 0.430 e. The smallest absolute Gasteiger partial charge is 0.430 e. The van der Waals surface area contributed by atoms with Gasteiger partial charge in [0.1, 0.15) is 5.75 Å². The van der Waals surface area contributed by atoms with Gasteiger partial charge >= 0.3 is 18.0 Å². The molecular weight excluding hydrogens is 478 g/mol. The van der Waals surface area contributed by atoms with Crippen LogP contribution in [0.2, 0.25) is 0 Å². The van der Waals surface area contributed by atoms with Crippen LogP contribution in [-0.2, 0) is 18.8 Å². The van der Waals surface area contributed by atoms with Gasteiger partial charge in [0, 0.05) is 0 Å². The van der Waals surface area contributed by atoms with Gasteiger partial charge in [-0.25, -0.2) is 0 Å². The lowest BCUT2D eigenvalue weighted by Crippen LogP contribution is -2.70. The second-order valence-electron chi connectivity index (χ2n) is 8.03. The number of hydrogen-bond acceptors (Lipinski definition) is 4. The molecule has 0 aliphatic carbocycles. The zero-order valence-electron chi connectivity index (χ0n) is 18.4. The Morgan fingerprint density at radius 3 is 1.80 bits per heavy atom. The highest BCUT2D eigenvalue weighted by molar-refractivity contribution is 5.65. The first-order valence-corrected chi connectivity index (χ1v) is 10.3. The summed E-state index contributed by atoms with van der Waals surface area (Å²) in [6.07, 6.45) is -12.4. The number of ether oxygens (including phenoxy) is 1. The van der Waals surface area contributed by atoms with Gasteiger partial charge in [0.2, 0.25) is 0 Å². The Bertz CT molecular complexity index is 1150. The lowest BCUT2D eigenvalue weighted by atomic mass is 9.76. The molecule has 4 nitrogen and oxygen atoms in total. The van der Waals surface area contributed by atoms with E-state index in [1.54, 1.807) is 36.4 Å². The highest BCUT2D eigenvalue weighted by Gasteiger charge is 2.80. The van der Waals surface area contributed by atoms with Crippen molar-refractivity contribution >= 4 is 0 Å². The number of hydrogen-bond donors (Lipinski definition) is 3. The number of benzene rings is 3. The van der Waals surface area contributed by atoms with Gasteiger partial charge in [-0.15, -0.1) is 0 Å². The lowest BCUT2D eigenvalue weighted by Gasteiger charge is -2.46. The van der Waals surface area contributed by atoms with Crippen molar-refractivity contribution in [3.05, 3.63) is 89.5 Å². The Morgan fingerprint density at radius 1 is 0.686 bits per heavy atom. The molecule has 0 radical (unpaired) electrons. The molecule has 0 amide bonds. The molecule has 0 aliphatic heterocycles. The van der Waals surface area contributed by atoms with Crippen LogP contribution in [0.1, 0.15) is 23.6 Å². The zero-order valence-corrected chi connectivity index (χ0v) is 18.4. The van der Waals surface area contributed by atoms with Crippen LogP contribution in [0, 0.1) is 0 Å². The second kappa shape index (κ2) is 9.52. The molecule has 0 bridgehead atoms. The van der Waals surface area contributed by atoms with Crippen molar-refractivity contribution in [2.24, 2.45) is 0 Å². The van der Waals surface area contributed by atoms with Gasteiger partial charge in [0.15, 0.2) is 5.60 Å². The summed E-state index contributed by atoms with van der Waals surface area (Å²) in [5.41, 5.74) is -8.44. The topological polar surface area (TPSA) is 69.9 Å². The van der Waals surface area contributed by atoms with E-state index in [9.17, 15) is 41.7 Å². The molecule has 3 aromatic rings. The molecule has 0 saturated heterocycles. The van der Waals surface area contributed by atoms with Crippen LogP contribution < -0.4 is 4.74 Å². The Labute approximate surface area is 197 Å². The van der Waals surface area contributed by atoms with E-state index in [0.29, 0.717) is 18.1 Å². The monoisotopic (exact) mass is 500 g/mol. The number of aliphatic hydroxyl groups is 3. The van der Waals surface area contributed by atoms with Crippen LogP contribution in [-0.4, -0.2) is 33.3 Å². The van der Waals surface area contributed by atoms with Gasteiger partial charge in [0.05, 0.1) is 13.2 Å². The van der Waals surface area contributed by atoms with Crippen molar-refractivity contribution in [3.8, 4) is 16.9 Å². The molecule has 1 unspecified atom stereocenters. The summed E-state index contributed by atoms with van der Waals surface area (Å²) in [5, 5.41) is 29.3. The molecule has 0 heterocycles. The van der Waals surface area contributed by atoms with Crippen molar-refractivity contribution in [3.63, 3.8) is 0 Å². The van der Waals surface area contributed by atoms with Gasteiger partial charge in [0.25, 0.3) is 0 Å². The van der Waals surface area contributed by atoms with Gasteiger partial charge in [-0.1, -0.05) is 54.6 Å².